The number of nitrogens with one attached hydrogen (secondary N) is 1. The predicted molar refractivity (Wildman–Crippen MR) is 99.3 cm³/mol. The van der Waals surface area contributed by atoms with Crippen molar-refractivity contribution in [3.63, 3.8) is 0 Å². The van der Waals surface area contributed by atoms with Gasteiger partial charge in [-0.05, 0) is 35.2 Å². The Hall–Kier alpha value is -3.42. The highest BCUT2D eigenvalue weighted by atomic mass is 16.5. The molecule has 3 rings (SSSR count). The fourth-order valence-electron chi connectivity index (χ4n) is 2.38. The van der Waals surface area contributed by atoms with Gasteiger partial charge in [0, 0.05) is 5.56 Å². The molecule has 0 radical (unpaired) electrons. The molecule has 1 amide bonds. The van der Waals surface area contributed by atoms with Crippen molar-refractivity contribution in [1.82, 2.24) is 15.5 Å². The smallest absolute Gasteiger partial charge is 0.325 e. The van der Waals surface area contributed by atoms with Crippen LogP contribution < -0.4 is 5.32 Å². The molecule has 8 heteroatoms. The second-order valence-electron chi connectivity index (χ2n) is 7.15. The average Bonchev–Trinajstić information content (AvgIpc) is 3.35. The summed E-state index contributed by atoms with van der Waals surface area (Å²) in [4.78, 5) is 24.0. The lowest BCUT2D eigenvalue weighted by Gasteiger charge is -2.19. The Kier molecular flexibility index (Phi) is 5.58. The van der Waals surface area contributed by atoms with Gasteiger partial charge in [-0.25, -0.2) is 0 Å². The predicted octanol–water partition coefficient (Wildman–Crippen LogP) is 3.10. The summed E-state index contributed by atoms with van der Waals surface area (Å²) in [7, 11) is 0. The number of amides is 1. The van der Waals surface area contributed by atoms with Crippen LogP contribution in [0, 0.1) is 0 Å². The number of carbonyl (C=O) groups excluding carboxylic acids is 2. The van der Waals surface area contributed by atoms with Gasteiger partial charge in [0.15, 0.2) is 12.4 Å². The first-order chi connectivity index (χ1) is 13.3. The van der Waals surface area contributed by atoms with E-state index in [0.29, 0.717) is 11.3 Å². The Labute approximate surface area is 161 Å². The zero-order valence-corrected chi connectivity index (χ0v) is 15.9. The third-order valence-electron chi connectivity index (χ3n) is 3.96. The summed E-state index contributed by atoms with van der Waals surface area (Å²) < 4.78 is 15.5. The van der Waals surface area contributed by atoms with Crippen molar-refractivity contribution in [3.05, 3.63) is 59.7 Å². The first kappa shape index (κ1) is 19.3. The summed E-state index contributed by atoms with van der Waals surface area (Å²) >= 11 is 0. The highest BCUT2D eigenvalue weighted by Crippen LogP contribution is 2.22. The molecule has 1 aromatic carbocycles. The average molecular weight is 383 g/mol. The number of aromatic nitrogens is 2. The highest BCUT2D eigenvalue weighted by Gasteiger charge is 2.16. The first-order valence-corrected chi connectivity index (χ1v) is 8.73. The lowest BCUT2D eigenvalue weighted by atomic mass is 9.87. The molecular weight excluding hydrogens is 362 g/mol. The molecule has 0 aliphatic carbocycles. The van der Waals surface area contributed by atoms with Crippen LogP contribution in [0.3, 0.4) is 0 Å². The van der Waals surface area contributed by atoms with Gasteiger partial charge in [0.05, 0.1) is 6.26 Å². The fourth-order valence-corrected chi connectivity index (χ4v) is 2.38. The molecule has 2 heterocycles. The SMILES string of the molecule is CC(C)(C)c1ccc(C(=O)NCC(=O)OCc2nnc(-c3ccco3)o2)cc1. The summed E-state index contributed by atoms with van der Waals surface area (Å²) in [5.74, 6) is -0.213. The van der Waals surface area contributed by atoms with E-state index in [9.17, 15) is 9.59 Å². The molecule has 0 saturated heterocycles. The number of carbonyl (C=O) groups is 2. The first-order valence-electron chi connectivity index (χ1n) is 8.73. The summed E-state index contributed by atoms with van der Waals surface area (Å²) in [5, 5.41) is 10.1. The van der Waals surface area contributed by atoms with Crippen LogP contribution in [0.25, 0.3) is 11.7 Å². The van der Waals surface area contributed by atoms with Gasteiger partial charge < -0.3 is 18.9 Å². The number of furan rings is 1. The summed E-state index contributed by atoms with van der Waals surface area (Å²) in [5.41, 5.74) is 1.60. The van der Waals surface area contributed by atoms with Gasteiger partial charge in [0.1, 0.15) is 6.54 Å². The van der Waals surface area contributed by atoms with E-state index in [-0.39, 0.29) is 36.3 Å². The third kappa shape index (κ3) is 4.85. The summed E-state index contributed by atoms with van der Waals surface area (Å²) in [6, 6.07) is 10.6. The molecule has 1 N–H and O–H groups in total. The molecule has 146 valence electrons. The van der Waals surface area contributed by atoms with Crippen LogP contribution in [-0.2, 0) is 21.6 Å². The monoisotopic (exact) mass is 383 g/mol. The van der Waals surface area contributed by atoms with Gasteiger partial charge in [-0.3, -0.25) is 9.59 Å². The Morgan fingerprint density at radius 1 is 1.11 bits per heavy atom. The summed E-state index contributed by atoms with van der Waals surface area (Å²) in [6.45, 7) is 5.83. The van der Waals surface area contributed by atoms with E-state index in [1.807, 2.05) is 12.1 Å². The Bertz CT molecular complexity index is 937. The molecule has 0 bridgehead atoms. The molecule has 3 aromatic rings. The minimum Gasteiger partial charge on any atom is -0.459 e. The Morgan fingerprint density at radius 2 is 1.86 bits per heavy atom. The number of benzene rings is 1. The van der Waals surface area contributed by atoms with Crippen molar-refractivity contribution in [2.45, 2.75) is 32.8 Å². The number of ether oxygens (including phenoxy) is 1. The van der Waals surface area contributed by atoms with Crippen molar-refractivity contribution >= 4 is 11.9 Å². The van der Waals surface area contributed by atoms with Gasteiger partial charge in [0.25, 0.3) is 17.7 Å². The molecule has 28 heavy (non-hydrogen) atoms. The molecule has 2 aromatic heterocycles. The molecule has 0 unspecified atom stereocenters. The van der Waals surface area contributed by atoms with Crippen molar-refractivity contribution in [3.8, 4) is 11.7 Å². The lowest BCUT2D eigenvalue weighted by Crippen LogP contribution is -2.30. The number of hydrogen-bond acceptors (Lipinski definition) is 7. The molecule has 8 nitrogen and oxygen atoms in total. The van der Waals surface area contributed by atoms with E-state index in [2.05, 4.69) is 36.3 Å². The van der Waals surface area contributed by atoms with E-state index in [4.69, 9.17) is 13.6 Å². The normalized spacial score (nSPS) is 11.2. The maximum absolute atomic E-state index is 12.1. The van der Waals surface area contributed by atoms with Gasteiger partial charge in [0.2, 0.25) is 0 Å². The van der Waals surface area contributed by atoms with E-state index < -0.39 is 5.97 Å². The number of hydrogen-bond donors (Lipinski definition) is 1. The maximum atomic E-state index is 12.1. The van der Waals surface area contributed by atoms with Crippen LogP contribution in [0.2, 0.25) is 0 Å². The van der Waals surface area contributed by atoms with Gasteiger partial charge >= 0.3 is 5.97 Å². The van der Waals surface area contributed by atoms with E-state index in [1.54, 1.807) is 24.3 Å². The van der Waals surface area contributed by atoms with Gasteiger partial charge in [-0.2, -0.15) is 0 Å². The highest BCUT2D eigenvalue weighted by molar-refractivity contribution is 5.95. The topological polar surface area (TPSA) is 107 Å². The van der Waals surface area contributed by atoms with Crippen molar-refractivity contribution in [1.29, 1.82) is 0 Å². The fraction of sp³-hybridized carbons (Fsp3) is 0.300. The molecular formula is C20H21N3O5. The Balaban J connectivity index is 1.46. The molecule has 0 saturated carbocycles. The standard InChI is InChI=1S/C20H21N3O5/c1-20(2,3)14-8-6-13(7-9-14)18(25)21-11-17(24)27-12-16-22-23-19(28-16)15-5-4-10-26-15/h4-10H,11-12H2,1-3H3,(H,21,25). The van der Waals surface area contributed by atoms with Crippen LogP contribution >= 0.6 is 0 Å². The number of rotatable bonds is 6. The van der Waals surface area contributed by atoms with E-state index >= 15 is 0 Å². The molecule has 0 spiro atoms. The zero-order valence-electron chi connectivity index (χ0n) is 15.9. The second-order valence-corrected chi connectivity index (χ2v) is 7.15. The van der Waals surface area contributed by atoms with E-state index in [1.165, 1.54) is 6.26 Å². The minimum atomic E-state index is -0.614. The summed E-state index contributed by atoms with van der Waals surface area (Å²) in [6.07, 6.45) is 1.48. The number of nitrogens with zero attached hydrogens (tertiary/aromatic N) is 2. The van der Waals surface area contributed by atoms with Crippen LogP contribution in [0.15, 0.2) is 51.5 Å². The van der Waals surface area contributed by atoms with Crippen molar-refractivity contribution < 1.29 is 23.2 Å². The Morgan fingerprint density at radius 3 is 2.50 bits per heavy atom. The van der Waals surface area contributed by atoms with Gasteiger partial charge in [-0.1, -0.05) is 32.9 Å². The molecule has 0 atom stereocenters. The van der Waals surface area contributed by atoms with Crippen molar-refractivity contribution in [2.24, 2.45) is 0 Å². The van der Waals surface area contributed by atoms with E-state index in [0.717, 1.165) is 5.56 Å². The second kappa shape index (κ2) is 8.08. The van der Waals surface area contributed by atoms with Crippen molar-refractivity contribution in [2.75, 3.05) is 6.54 Å². The molecule has 0 aliphatic rings. The zero-order chi connectivity index (χ0) is 20.1. The van der Waals surface area contributed by atoms with Crippen LogP contribution in [-0.4, -0.2) is 28.6 Å². The minimum absolute atomic E-state index is 0.00432. The van der Waals surface area contributed by atoms with Crippen LogP contribution in [0.4, 0.5) is 0 Å². The third-order valence-corrected chi connectivity index (χ3v) is 3.96. The molecule has 0 fully saturated rings. The van der Waals surface area contributed by atoms with Crippen LogP contribution in [0.1, 0.15) is 42.6 Å². The van der Waals surface area contributed by atoms with Crippen LogP contribution in [0.5, 0.6) is 0 Å². The lowest BCUT2D eigenvalue weighted by molar-refractivity contribution is -0.144. The molecule has 0 aliphatic heterocycles. The maximum Gasteiger partial charge on any atom is 0.325 e. The quantitative estimate of drug-likeness (QED) is 0.652. The number of esters is 1. The van der Waals surface area contributed by atoms with Gasteiger partial charge in [-0.15, -0.1) is 10.2 Å². The largest absolute Gasteiger partial charge is 0.459 e.